The van der Waals surface area contributed by atoms with Crippen molar-refractivity contribution in [3.63, 3.8) is 0 Å². The van der Waals surface area contributed by atoms with Crippen molar-refractivity contribution in [1.29, 1.82) is 0 Å². The van der Waals surface area contributed by atoms with Gasteiger partial charge in [0.2, 0.25) is 0 Å². The van der Waals surface area contributed by atoms with Gasteiger partial charge in [0, 0.05) is 30.4 Å². The van der Waals surface area contributed by atoms with E-state index in [4.69, 9.17) is 5.73 Å². The summed E-state index contributed by atoms with van der Waals surface area (Å²) in [7, 11) is 0. The molecule has 90 valence electrons. The number of imidazole rings is 1. The molecule has 1 aromatic heterocycles. The van der Waals surface area contributed by atoms with Crippen molar-refractivity contribution in [2.45, 2.75) is 51.5 Å². The molecule has 1 heterocycles. The summed E-state index contributed by atoms with van der Waals surface area (Å²) in [6, 6.07) is 0.429. The third-order valence-electron chi connectivity index (χ3n) is 3.63. The Labute approximate surface area is 98.1 Å². The molecule has 0 amide bonds. The zero-order valence-corrected chi connectivity index (χ0v) is 10.4. The van der Waals surface area contributed by atoms with E-state index in [9.17, 15) is 0 Å². The minimum atomic E-state index is 0.429. The summed E-state index contributed by atoms with van der Waals surface area (Å²) < 4.78 is 2.32. The van der Waals surface area contributed by atoms with Crippen LogP contribution in [0, 0.1) is 5.92 Å². The molecule has 1 unspecified atom stereocenters. The Morgan fingerprint density at radius 3 is 2.75 bits per heavy atom. The van der Waals surface area contributed by atoms with Crippen LogP contribution in [0.3, 0.4) is 0 Å². The Balaban J connectivity index is 2.13. The van der Waals surface area contributed by atoms with Gasteiger partial charge in [0.1, 0.15) is 0 Å². The molecule has 1 saturated carbocycles. The second-order valence-electron chi connectivity index (χ2n) is 5.37. The minimum Gasteiger partial charge on any atom is -0.330 e. The zero-order chi connectivity index (χ0) is 11.5. The quantitative estimate of drug-likeness (QED) is 0.830. The third kappa shape index (κ3) is 2.29. The van der Waals surface area contributed by atoms with Gasteiger partial charge in [-0.2, -0.15) is 0 Å². The van der Waals surface area contributed by atoms with Gasteiger partial charge in [0.25, 0.3) is 0 Å². The van der Waals surface area contributed by atoms with Crippen LogP contribution in [0.25, 0.3) is 0 Å². The highest BCUT2D eigenvalue weighted by molar-refractivity contribution is 5.11. The van der Waals surface area contributed by atoms with Gasteiger partial charge in [-0.15, -0.1) is 0 Å². The van der Waals surface area contributed by atoms with Crippen molar-refractivity contribution < 1.29 is 0 Å². The molecule has 0 aliphatic heterocycles. The van der Waals surface area contributed by atoms with Crippen molar-refractivity contribution in [2.75, 3.05) is 6.54 Å². The largest absolute Gasteiger partial charge is 0.330 e. The Bertz CT molecular complexity index is 326. The summed E-state index contributed by atoms with van der Waals surface area (Å²) in [5, 5.41) is 0. The summed E-state index contributed by atoms with van der Waals surface area (Å²) in [5.74, 6) is 1.42. The van der Waals surface area contributed by atoms with Crippen LogP contribution in [-0.4, -0.2) is 16.1 Å². The van der Waals surface area contributed by atoms with Gasteiger partial charge >= 0.3 is 0 Å². The highest BCUT2D eigenvalue weighted by Crippen LogP contribution is 2.37. The Morgan fingerprint density at radius 1 is 1.50 bits per heavy atom. The van der Waals surface area contributed by atoms with E-state index < -0.39 is 0 Å². The predicted octanol–water partition coefficient (Wildman–Crippen LogP) is 2.70. The van der Waals surface area contributed by atoms with Crippen molar-refractivity contribution in [1.82, 2.24) is 9.55 Å². The highest BCUT2D eigenvalue weighted by Gasteiger charge is 2.25. The van der Waals surface area contributed by atoms with E-state index >= 15 is 0 Å². The number of aromatic nitrogens is 2. The van der Waals surface area contributed by atoms with E-state index in [0.29, 0.717) is 18.5 Å². The van der Waals surface area contributed by atoms with Gasteiger partial charge in [0.15, 0.2) is 0 Å². The summed E-state index contributed by atoms with van der Waals surface area (Å²) in [6.45, 7) is 5.22. The molecular weight excluding hydrogens is 198 g/mol. The first-order valence-corrected chi connectivity index (χ1v) is 6.44. The molecule has 1 atom stereocenters. The van der Waals surface area contributed by atoms with Crippen molar-refractivity contribution in [2.24, 2.45) is 11.7 Å². The smallest absolute Gasteiger partial charge is 0.0951 e. The standard InChI is InChI=1S/C13H23N3/c1-10(2)6-12(7-14)16-9-15-8-13(16)11-4-3-5-11/h8-12H,3-7,14H2,1-2H3. The Hall–Kier alpha value is -0.830. The molecule has 0 radical (unpaired) electrons. The lowest BCUT2D eigenvalue weighted by molar-refractivity contribution is 0.353. The highest BCUT2D eigenvalue weighted by atomic mass is 15.1. The van der Waals surface area contributed by atoms with E-state index in [0.717, 1.165) is 12.3 Å². The first-order valence-electron chi connectivity index (χ1n) is 6.44. The van der Waals surface area contributed by atoms with E-state index in [1.165, 1.54) is 25.0 Å². The van der Waals surface area contributed by atoms with E-state index in [1.54, 1.807) is 0 Å². The summed E-state index contributed by atoms with van der Waals surface area (Å²) in [6.07, 6.45) is 9.16. The average molecular weight is 221 g/mol. The lowest BCUT2D eigenvalue weighted by atomic mass is 9.83. The Morgan fingerprint density at radius 2 is 2.25 bits per heavy atom. The molecule has 0 spiro atoms. The topological polar surface area (TPSA) is 43.8 Å². The molecule has 3 heteroatoms. The van der Waals surface area contributed by atoms with Gasteiger partial charge in [-0.25, -0.2) is 4.98 Å². The maximum atomic E-state index is 5.89. The summed E-state index contributed by atoms with van der Waals surface area (Å²) >= 11 is 0. The average Bonchev–Trinajstić information content (AvgIpc) is 2.60. The van der Waals surface area contributed by atoms with E-state index in [-0.39, 0.29) is 0 Å². The van der Waals surface area contributed by atoms with Crippen LogP contribution >= 0.6 is 0 Å². The predicted molar refractivity (Wildman–Crippen MR) is 66.4 cm³/mol. The molecule has 0 saturated heterocycles. The maximum absolute atomic E-state index is 5.89. The molecule has 1 aliphatic carbocycles. The maximum Gasteiger partial charge on any atom is 0.0951 e. The number of rotatable bonds is 5. The minimum absolute atomic E-state index is 0.429. The molecule has 2 rings (SSSR count). The van der Waals surface area contributed by atoms with Crippen molar-refractivity contribution >= 4 is 0 Å². The molecule has 3 nitrogen and oxygen atoms in total. The number of hydrogen-bond acceptors (Lipinski definition) is 2. The van der Waals surface area contributed by atoms with Crippen LogP contribution in [-0.2, 0) is 0 Å². The van der Waals surface area contributed by atoms with Crippen molar-refractivity contribution in [3.8, 4) is 0 Å². The second-order valence-corrected chi connectivity index (χ2v) is 5.37. The van der Waals surface area contributed by atoms with E-state index in [1.807, 2.05) is 12.5 Å². The number of nitrogens with two attached hydrogens (primary N) is 1. The molecular formula is C13H23N3. The number of hydrogen-bond donors (Lipinski definition) is 1. The SMILES string of the molecule is CC(C)CC(CN)n1cncc1C1CCC1. The first kappa shape index (κ1) is 11.6. The monoisotopic (exact) mass is 221 g/mol. The lowest BCUT2D eigenvalue weighted by Gasteiger charge is -2.29. The lowest BCUT2D eigenvalue weighted by Crippen LogP contribution is -2.24. The first-order chi connectivity index (χ1) is 7.72. The molecule has 1 aromatic rings. The Kier molecular flexibility index (Phi) is 3.64. The molecule has 2 N–H and O–H groups in total. The van der Waals surface area contributed by atoms with E-state index in [2.05, 4.69) is 23.4 Å². The van der Waals surface area contributed by atoms with Gasteiger partial charge < -0.3 is 10.3 Å². The van der Waals surface area contributed by atoms with Crippen LogP contribution in [0.1, 0.15) is 57.2 Å². The normalized spacial score (nSPS) is 18.8. The van der Waals surface area contributed by atoms with Crippen LogP contribution in [0.15, 0.2) is 12.5 Å². The molecule has 1 fully saturated rings. The molecule has 16 heavy (non-hydrogen) atoms. The van der Waals surface area contributed by atoms with Crippen LogP contribution in [0.5, 0.6) is 0 Å². The zero-order valence-electron chi connectivity index (χ0n) is 10.4. The van der Waals surface area contributed by atoms with Gasteiger partial charge in [-0.1, -0.05) is 20.3 Å². The summed E-state index contributed by atoms with van der Waals surface area (Å²) in [4.78, 5) is 4.31. The number of nitrogens with zero attached hydrogens (tertiary/aromatic N) is 2. The fourth-order valence-corrected chi connectivity index (χ4v) is 2.51. The van der Waals surface area contributed by atoms with Crippen LogP contribution in [0.2, 0.25) is 0 Å². The van der Waals surface area contributed by atoms with Gasteiger partial charge in [0.05, 0.1) is 6.33 Å². The molecule has 1 aliphatic rings. The van der Waals surface area contributed by atoms with Crippen molar-refractivity contribution in [3.05, 3.63) is 18.2 Å². The molecule has 0 bridgehead atoms. The fraction of sp³-hybridized carbons (Fsp3) is 0.769. The second kappa shape index (κ2) is 5.00. The van der Waals surface area contributed by atoms with Gasteiger partial charge in [-0.05, 0) is 25.2 Å². The van der Waals surface area contributed by atoms with Crippen LogP contribution < -0.4 is 5.73 Å². The fourth-order valence-electron chi connectivity index (χ4n) is 2.51. The van der Waals surface area contributed by atoms with Crippen LogP contribution in [0.4, 0.5) is 0 Å². The van der Waals surface area contributed by atoms with Gasteiger partial charge in [-0.3, -0.25) is 0 Å². The third-order valence-corrected chi connectivity index (χ3v) is 3.63. The summed E-state index contributed by atoms with van der Waals surface area (Å²) in [5.41, 5.74) is 7.30. The molecule has 0 aromatic carbocycles.